The first-order valence-corrected chi connectivity index (χ1v) is 10.8. The summed E-state index contributed by atoms with van der Waals surface area (Å²) in [5.41, 5.74) is 3.13. The maximum Gasteiger partial charge on any atom is 0.290 e. The number of imide groups is 1. The first-order valence-electron chi connectivity index (χ1n) is 10.8. The molecule has 0 spiro atoms. The van der Waals surface area contributed by atoms with Gasteiger partial charge in [0.25, 0.3) is 17.4 Å². The molecule has 2 amide bonds. The zero-order valence-corrected chi connectivity index (χ0v) is 18.7. The molecule has 3 aromatic carbocycles. The summed E-state index contributed by atoms with van der Waals surface area (Å²) in [5.74, 6) is -0.0729. The van der Waals surface area contributed by atoms with Crippen LogP contribution in [0.25, 0.3) is 28.4 Å². The molecule has 1 aromatic heterocycles. The van der Waals surface area contributed by atoms with Crippen molar-refractivity contribution < 1.29 is 14.4 Å². The third-order valence-electron chi connectivity index (χ3n) is 5.76. The fourth-order valence-electron chi connectivity index (χ4n) is 3.94. The Labute approximate surface area is 195 Å². The Morgan fingerprint density at radius 1 is 0.912 bits per heavy atom. The second-order valence-electron chi connectivity index (χ2n) is 8.15. The minimum absolute atomic E-state index is 0.0802. The molecule has 4 aromatic rings. The van der Waals surface area contributed by atoms with Crippen LogP contribution in [0.4, 0.5) is 0 Å². The molecule has 168 valence electrons. The van der Waals surface area contributed by atoms with Crippen molar-refractivity contribution in [2.45, 2.75) is 13.3 Å². The number of benzene rings is 3. The third-order valence-corrected chi connectivity index (χ3v) is 5.76. The van der Waals surface area contributed by atoms with Crippen LogP contribution >= 0.6 is 0 Å². The molecule has 1 saturated heterocycles. The zero-order chi connectivity index (χ0) is 23.8. The molecule has 0 radical (unpaired) electrons. The monoisotopic (exact) mass is 451 g/mol. The van der Waals surface area contributed by atoms with Crippen molar-refractivity contribution in [2.24, 2.45) is 7.05 Å². The number of hydrogen-bond donors (Lipinski definition) is 0. The molecule has 7 nitrogen and oxygen atoms in total. The maximum absolute atomic E-state index is 13.0. The Morgan fingerprint density at radius 2 is 1.62 bits per heavy atom. The van der Waals surface area contributed by atoms with E-state index in [2.05, 4.69) is 0 Å². The predicted molar refractivity (Wildman–Crippen MR) is 129 cm³/mol. The summed E-state index contributed by atoms with van der Waals surface area (Å²) in [4.78, 5) is 48.7. The normalized spacial score (nSPS) is 14.9. The lowest BCUT2D eigenvalue weighted by Gasteiger charge is -2.14. The predicted octanol–water partition coefficient (Wildman–Crippen LogP) is 4.05. The van der Waals surface area contributed by atoms with Crippen molar-refractivity contribution in [3.05, 3.63) is 99.9 Å². The van der Waals surface area contributed by atoms with Crippen LogP contribution in [-0.2, 0) is 16.6 Å². The fraction of sp³-hybridized carbons (Fsp3) is 0.111. The van der Waals surface area contributed by atoms with E-state index in [0.717, 1.165) is 10.6 Å². The van der Waals surface area contributed by atoms with E-state index in [0.29, 0.717) is 39.2 Å². The number of aryl methyl sites for hydroxylation is 1. The summed E-state index contributed by atoms with van der Waals surface area (Å²) in [5, 5.41) is 1.33. The molecule has 0 bridgehead atoms. The summed E-state index contributed by atoms with van der Waals surface area (Å²) in [6, 6.07) is 21.6. The minimum Gasteiger partial charge on any atom is -0.369 e. The van der Waals surface area contributed by atoms with Gasteiger partial charge in [0, 0.05) is 18.2 Å². The molecule has 1 aliphatic heterocycles. The molecule has 0 aliphatic carbocycles. The van der Waals surface area contributed by atoms with Crippen LogP contribution in [0.15, 0.2) is 83.2 Å². The summed E-state index contributed by atoms with van der Waals surface area (Å²) in [6.45, 7) is 1.94. The van der Waals surface area contributed by atoms with Gasteiger partial charge in [0.15, 0.2) is 5.75 Å². The lowest BCUT2D eigenvalue weighted by molar-refractivity contribution is -0.163. The molecule has 0 N–H and O–H groups in total. The number of hydroxylamine groups is 2. The van der Waals surface area contributed by atoms with Crippen molar-refractivity contribution >= 4 is 28.8 Å². The maximum atomic E-state index is 13.0. The Balaban J connectivity index is 1.53. The van der Waals surface area contributed by atoms with Crippen LogP contribution in [0, 0.1) is 6.92 Å². The molecule has 1 aliphatic rings. The van der Waals surface area contributed by atoms with Crippen LogP contribution < -0.4 is 10.4 Å². The molecule has 5 rings (SSSR count). The van der Waals surface area contributed by atoms with Crippen molar-refractivity contribution in [3.8, 4) is 17.1 Å². The molecule has 0 atom stereocenters. The number of carbonyl (C=O) groups is 2. The number of carbonyl (C=O) groups excluding carboxylic acids is 2. The molecular formula is C27H21N3O4. The van der Waals surface area contributed by atoms with Gasteiger partial charge in [-0.05, 0) is 42.8 Å². The molecule has 1 fully saturated rings. The standard InChI is InChI=1S/C27H21N3O4/c1-17-11-13-20(14-12-17)34-30-24(31)16-19(26(30)32)15-18-7-3-4-8-21(18)25-28-23-10-6-5-9-22(23)27(33)29(25)2/h3-15H,16H2,1-2H3/b19-15+. The van der Waals surface area contributed by atoms with Gasteiger partial charge in [-0.2, -0.15) is 0 Å². The number of nitrogens with zero attached hydrogens (tertiary/aromatic N) is 3. The van der Waals surface area contributed by atoms with Gasteiger partial charge in [0.1, 0.15) is 5.82 Å². The van der Waals surface area contributed by atoms with Crippen LogP contribution in [0.1, 0.15) is 17.5 Å². The first-order chi connectivity index (χ1) is 16.4. The number of aromatic nitrogens is 2. The molecule has 2 heterocycles. The summed E-state index contributed by atoms with van der Waals surface area (Å²) >= 11 is 0. The van der Waals surface area contributed by atoms with Crippen molar-refractivity contribution in [1.82, 2.24) is 14.6 Å². The largest absolute Gasteiger partial charge is 0.369 e. The highest BCUT2D eigenvalue weighted by Gasteiger charge is 2.36. The Kier molecular flexibility index (Phi) is 5.30. The van der Waals surface area contributed by atoms with Gasteiger partial charge in [-0.15, -0.1) is 5.06 Å². The van der Waals surface area contributed by atoms with Gasteiger partial charge < -0.3 is 4.84 Å². The Bertz CT molecular complexity index is 1530. The van der Waals surface area contributed by atoms with Crippen molar-refractivity contribution in [2.75, 3.05) is 0 Å². The average molecular weight is 451 g/mol. The second-order valence-corrected chi connectivity index (χ2v) is 8.15. The number of rotatable bonds is 4. The van der Waals surface area contributed by atoms with Crippen LogP contribution in [-0.4, -0.2) is 26.4 Å². The molecule has 0 unspecified atom stereocenters. The first kappa shape index (κ1) is 21.3. The highest BCUT2D eigenvalue weighted by molar-refractivity contribution is 6.15. The van der Waals surface area contributed by atoms with Gasteiger partial charge in [-0.25, -0.2) is 4.98 Å². The fourth-order valence-corrected chi connectivity index (χ4v) is 3.94. The summed E-state index contributed by atoms with van der Waals surface area (Å²) < 4.78 is 1.49. The van der Waals surface area contributed by atoms with Gasteiger partial charge in [-0.3, -0.25) is 19.0 Å². The highest BCUT2D eigenvalue weighted by atomic mass is 16.7. The lowest BCUT2D eigenvalue weighted by atomic mass is 10.0. The summed E-state index contributed by atoms with van der Waals surface area (Å²) in [7, 11) is 1.67. The molecule has 0 saturated carbocycles. The van der Waals surface area contributed by atoms with Gasteiger partial charge in [0.2, 0.25) is 0 Å². The SMILES string of the molecule is Cc1ccc(ON2C(=O)C/C(=C\c3ccccc3-c3nc4ccccc4c(=O)n3C)C2=O)cc1. The molecular weight excluding hydrogens is 430 g/mol. The van der Waals surface area contributed by atoms with Crippen LogP contribution in [0.2, 0.25) is 0 Å². The second kappa shape index (κ2) is 8.44. The van der Waals surface area contributed by atoms with E-state index in [1.807, 2.05) is 49.4 Å². The van der Waals surface area contributed by atoms with E-state index in [4.69, 9.17) is 9.82 Å². The summed E-state index contributed by atoms with van der Waals surface area (Å²) in [6.07, 6.45) is 1.58. The van der Waals surface area contributed by atoms with Crippen molar-refractivity contribution in [1.29, 1.82) is 0 Å². The smallest absolute Gasteiger partial charge is 0.290 e. The van der Waals surface area contributed by atoms with Crippen LogP contribution in [0.3, 0.4) is 0 Å². The average Bonchev–Trinajstić information content (AvgIpc) is 3.10. The minimum atomic E-state index is -0.513. The van der Waals surface area contributed by atoms with Gasteiger partial charge in [-0.1, -0.05) is 54.1 Å². The number of fused-ring (bicyclic) bond motifs is 1. The Hall–Kier alpha value is -4.52. The third kappa shape index (κ3) is 3.77. The van der Waals surface area contributed by atoms with E-state index in [1.54, 1.807) is 43.5 Å². The number of amides is 2. The highest BCUT2D eigenvalue weighted by Crippen LogP contribution is 2.28. The quantitative estimate of drug-likeness (QED) is 0.345. The van der Waals surface area contributed by atoms with Crippen molar-refractivity contribution in [3.63, 3.8) is 0 Å². The van der Waals surface area contributed by atoms with E-state index >= 15 is 0 Å². The van der Waals surface area contributed by atoms with Crippen LogP contribution in [0.5, 0.6) is 5.75 Å². The van der Waals surface area contributed by atoms with Gasteiger partial charge in [0.05, 0.1) is 17.3 Å². The molecule has 34 heavy (non-hydrogen) atoms. The number of hydrogen-bond acceptors (Lipinski definition) is 5. The van der Waals surface area contributed by atoms with E-state index in [1.165, 1.54) is 4.57 Å². The van der Waals surface area contributed by atoms with E-state index in [9.17, 15) is 14.4 Å². The number of para-hydroxylation sites is 1. The van der Waals surface area contributed by atoms with E-state index in [-0.39, 0.29) is 12.0 Å². The Morgan fingerprint density at radius 3 is 2.41 bits per heavy atom. The topological polar surface area (TPSA) is 81.5 Å². The van der Waals surface area contributed by atoms with E-state index < -0.39 is 11.8 Å². The molecule has 7 heteroatoms. The van der Waals surface area contributed by atoms with Gasteiger partial charge >= 0.3 is 0 Å². The zero-order valence-electron chi connectivity index (χ0n) is 18.7. The lowest BCUT2D eigenvalue weighted by Crippen LogP contribution is -2.32.